The van der Waals surface area contributed by atoms with E-state index < -0.39 is 23.3 Å². The number of ether oxygens (including phenoxy) is 1. The third-order valence-electron chi connectivity index (χ3n) is 3.69. The molecule has 1 amide bonds. The average Bonchev–Trinajstić information content (AvgIpc) is 2.37. The molecule has 2 unspecified atom stereocenters. The number of aliphatic hydroxyl groups excluding tert-OH is 1. The van der Waals surface area contributed by atoms with Crippen LogP contribution in [0.25, 0.3) is 0 Å². The molecule has 0 spiro atoms. The number of aliphatic carboxylic acids is 1. The number of carboxylic acid groups (broad SMARTS) is 1. The topological polar surface area (TPSA) is 95.9 Å². The van der Waals surface area contributed by atoms with Gasteiger partial charge in [0.1, 0.15) is 0 Å². The maximum Gasteiger partial charge on any atom is 0.307 e. The third kappa shape index (κ3) is 3.43. The highest BCUT2D eigenvalue weighted by molar-refractivity contribution is 5.84. The highest BCUT2D eigenvalue weighted by Crippen LogP contribution is 2.22. The molecule has 0 bridgehead atoms. The molecule has 1 aliphatic rings. The minimum absolute atomic E-state index is 0.156. The molecule has 0 aliphatic carbocycles. The number of hydrogen-bond acceptors (Lipinski definition) is 4. The maximum absolute atomic E-state index is 12.0. The Bertz CT molecular complexity index is 312. The lowest BCUT2D eigenvalue weighted by molar-refractivity contribution is -0.147. The van der Waals surface area contributed by atoms with Gasteiger partial charge in [0, 0.05) is 19.1 Å². The Morgan fingerprint density at radius 2 is 1.83 bits per heavy atom. The first-order valence-electron chi connectivity index (χ1n) is 6.15. The molecule has 1 fully saturated rings. The summed E-state index contributed by atoms with van der Waals surface area (Å²) < 4.78 is 5.20. The van der Waals surface area contributed by atoms with Crippen molar-refractivity contribution in [1.29, 1.82) is 0 Å². The molecule has 1 saturated heterocycles. The van der Waals surface area contributed by atoms with Crippen LogP contribution in [0.1, 0.15) is 26.7 Å². The van der Waals surface area contributed by atoms with E-state index in [2.05, 4.69) is 5.32 Å². The molecule has 6 nitrogen and oxygen atoms in total. The third-order valence-corrected chi connectivity index (χ3v) is 3.69. The molecule has 104 valence electrons. The number of rotatable bonds is 5. The number of carboxylic acids is 1. The van der Waals surface area contributed by atoms with Crippen LogP contribution in [0.15, 0.2) is 0 Å². The Labute approximate surface area is 106 Å². The van der Waals surface area contributed by atoms with Crippen molar-refractivity contribution in [2.24, 2.45) is 11.8 Å². The van der Waals surface area contributed by atoms with Crippen LogP contribution in [-0.2, 0) is 14.3 Å². The van der Waals surface area contributed by atoms with Gasteiger partial charge < -0.3 is 20.3 Å². The highest BCUT2D eigenvalue weighted by Gasteiger charge is 2.36. The number of carbonyl (C=O) groups excluding carboxylic acids is 1. The predicted molar refractivity (Wildman–Crippen MR) is 64.0 cm³/mol. The average molecular weight is 259 g/mol. The molecule has 2 atom stereocenters. The van der Waals surface area contributed by atoms with Crippen molar-refractivity contribution in [3.8, 4) is 0 Å². The van der Waals surface area contributed by atoms with Crippen LogP contribution in [-0.4, -0.2) is 47.4 Å². The van der Waals surface area contributed by atoms with Crippen molar-refractivity contribution < 1.29 is 24.5 Å². The highest BCUT2D eigenvalue weighted by atomic mass is 16.5. The summed E-state index contributed by atoms with van der Waals surface area (Å²) in [5.74, 6) is -2.71. The summed E-state index contributed by atoms with van der Waals surface area (Å²) >= 11 is 0. The Balaban J connectivity index is 2.64. The molecule has 1 rings (SSSR count). The number of nitrogens with one attached hydrogen (secondary N) is 1. The van der Waals surface area contributed by atoms with Gasteiger partial charge >= 0.3 is 5.97 Å². The van der Waals surface area contributed by atoms with E-state index in [9.17, 15) is 14.7 Å². The summed E-state index contributed by atoms with van der Waals surface area (Å²) in [7, 11) is 0. The van der Waals surface area contributed by atoms with Crippen LogP contribution in [0.5, 0.6) is 0 Å². The predicted octanol–water partition coefficient (Wildman–Crippen LogP) is 0.000900. The second kappa shape index (κ2) is 6.15. The lowest BCUT2D eigenvalue weighted by Crippen LogP contribution is -2.56. The van der Waals surface area contributed by atoms with E-state index in [1.165, 1.54) is 6.92 Å². The van der Waals surface area contributed by atoms with Gasteiger partial charge in [-0.05, 0) is 12.8 Å². The van der Waals surface area contributed by atoms with E-state index in [-0.39, 0.29) is 12.5 Å². The molecular formula is C12H21NO5. The van der Waals surface area contributed by atoms with Gasteiger partial charge in [0.15, 0.2) is 0 Å². The Kier molecular flexibility index (Phi) is 5.10. The van der Waals surface area contributed by atoms with E-state index in [4.69, 9.17) is 9.84 Å². The van der Waals surface area contributed by atoms with E-state index in [1.807, 2.05) is 0 Å². The fraction of sp³-hybridized carbons (Fsp3) is 0.833. The first kappa shape index (κ1) is 14.9. The molecule has 0 aromatic carbocycles. The second-order valence-corrected chi connectivity index (χ2v) is 4.96. The minimum atomic E-state index is -0.998. The summed E-state index contributed by atoms with van der Waals surface area (Å²) in [4.78, 5) is 22.8. The zero-order chi connectivity index (χ0) is 13.8. The molecule has 3 N–H and O–H groups in total. The smallest absolute Gasteiger partial charge is 0.307 e. The molecule has 0 saturated carbocycles. The normalized spacial score (nSPS) is 21.9. The Hall–Kier alpha value is -1.14. The van der Waals surface area contributed by atoms with Gasteiger partial charge in [0.25, 0.3) is 0 Å². The van der Waals surface area contributed by atoms with Crippen molar-refractivity contribution in [3.63, 3.8) is 0 Å². The lowest BCUT2D eigenvalue weighted by atomic mass is 9.88. The van der Waals surface area contributed by atoms with Gasteiger partial charge in [0.05, 0.1) is 18.1 Å². The molecular weight excluding hydrogens is 238 g/mol. The molecule has 0 aromatic heterocycles. The molecule has 1 aliphatic heterocycles. The maximum atomic E-state index is 12.0. The van der Waals surface area contributed by atoms with Crippen LogP contribution < -0.4 is 5.32 Å². The number of aliphatic hydroxyl groups is 1. The summed E-state index contributed by atoms with van der Waals surface area (Å²) in [6.45, 7) is 3.91. The SMILES string of the molecule is CC(C(=O)O)C(C)C(=O)NC1(CO)CCOCC1. The number of hydrogen-bond donors (Lipinski definition) is 3. The van der Waals surface area contributed by atoms with Gasteiger partial charge in [-0.15, -0.1) is 0 Å². The first-order chi connectivity index (χ1) is 8.42. The Morgan fingerprint density at radius 3 is 2.28 bits per heavy atom. The van der Waals surface area contributed by atoms with E-state index in [1.54, 1.807) is 6.92 Å². The number of amides is 1. The van der Waals surface area contributed by atoms with Crippen LogP contribution in [0.4, 0.5) is 0 Å². The van der Waals surface area contributed by atoms with Gasteiger partial charge in [-0.3, -0.25) is 9.59 Å². The number of carbonyl (C=O) groups is 2. The van der Waals surface area contributed by atoms with Crippen LogP contribution in [0, 0.1) is 11.8 Å². The summed E-state index contributed by atoms with van der Waals surface area (Å²) in [6, 6.07) is 0. The summed E-state index contributed by atoms with van der Waals surface area (Å²) in [5, 5.41) is 21.1. The van der Waals surface area contributed by atoms with Crippen LogP contribution >= 0.6 is 0 Å². The second-order valence-electron chi connectivity index (χ2n) is 4.96. The van der Waals surface area contributed by atoms with Crippen molar-refractivity contribution in [1.82, 2.24) is 5.32 Å². The zero-order valence-electron chi connectivity index (χ0n) is 10.8. The van der Waals surface area contributed by atoms with Crippen molar-refractivity contribution in [2.45, 2.75) is 32.2 Å². The van der Waals surface area contributed by atoms with E-state index >= 15 is 0 Å². The zero-order valence-corrected chi connectivity index (χ0v) is 10.8. The fourth-order valence-corrected chi connectivity index (χ4v) is 1.90. The van der Waals surface area contributed by atoms with E-state index in [0.29, 0.717) is 26.1 Å². The van der Waals surface area contributed by atoms with Gasteiger partial charge in [0.2, 0.25) is 5.91 Å². The minimum Gasteiger partial charge on any atom is -0.481 e. The standard InChI is InChI=1S/C12H21NO5/c1-8(9(2)11(16)17)10(15)13-12(7-14)3-5-18-6-4-12/h8-9,14H,3-7H2,1-2H3,(H,13,15)(H,16,17). The summed E-state index contributed by atoms with van der Waals surface area (Å²) in [6.07, 6.45) is 1.09. The molecule has 6 heteroatoms. The molecule has 0 radical (unpaired) electrons. The summed E-state index contributed by atoms with van der Waals surface area (Å²) in [5.41, 5.74) is -0.665. The molecule has 1 heterocycles. The quantitative estimate of drug-likeness (QED) is 0.646. The first-order valence-corrected chi connectivity index (χ1v) is 6.15. The fourth-order valence-electron chi connectivity index (χ4n) is 1.90. The van der Waals surface area contributed by atoms with Crippen molar-refractivity contribution >= 4 is 11.9 Å². The monoisotopic (exact) mass is 259 g/mol. The van der Waals surface area contributed by atoms with Crippen LogP contribution in [0.2, 0.25) is 0 Å². The van der Waals surface area contributed by atoms with Crippen molar-refractivity contribution in [2.75, 3.05) is 19.8 Å². The van der Waals surface area contributed by atoms with Gasteiger partial charge in [-0.2, -0.15) is 0 Å². The van der Waals surface area contributed by atoms with Crippen molar-refractivity contribution in [3.05, 3.63) is 0 Å². The lowest BCUT2D eigenvalue weighted by Gasteiger charge is -2.37. The van der Waals surface area contributed by atoms with E-state index in [0.717, 1.165) is 0 Å². The molecule has 0 aromatic rings. The Morgan fingerprint density at radius 1 is 1.28 bits per heavy atom. The molecule has 18 heavy (non-hydrogen) atoms. The van der Waals surface area contributed by atoms with Gasteiger partial charge in [-0.1, -0.05) is 13.8 Å². The van der Waals surface area contributed by atoms with Gasteiger partial charge in [-0.25, -0.2) is 0 Å². The largest absolute Gasteiger partial charge is 0.481 e. The van der Waals surface area contributed by atoms with Crippen LogP contribution in [0.3, 0.4) is 0 Å².